The second kappa shape index (κ2) is 7.75. The minimum Gasteiger partial charge on any atom is -0.354 e. The topological polar surface area (TPSA) is 81.9 Å². The zero-order valence-electron chi connectivity index (χ0n) is 14.3. The summed E-state index contributed by atoms with van der Waals surface area (Å²) in [6.45, 7) is 4.31. The van der Waals surface area contributed by atoms with Gasteiger partial charge < -0.3 is 10.2 Å². The summed E-state index contributed by atoms with van der Waals surface area (Å²) in [6, 6.07) is 9.69. The predicted octanol–water partition coefficient (Wildman–Crippen LogP) is 2.30. The molecule has 1 aliphatic rings. The van der Waals surface area contributed by atoms with Crippen molar-refractivity contribution in [2.75, 3.05) is 24.5 Å². The molecule has 25 heavy (non-hydrogen) atoms. The van der Waals surface area contributed by atoms with Gasteiger partial charge in [-0.2, -0.15) is 5.26 Å². The monoisotopic (exact) mass is 335 g/mol. The summed E-state index contributed by atoms with van der Waals surface area (Å²) in [6.07, 6.45) is 5.06. The molecular formula is C19H21N5O. The molecule has 1 aromatic heterocycles. The fourth-order valence-corrected chi connectivity index (χ4v) is 3.03. The van der Waals surface area contributed by atoms with Crippen LogP contribution >= 0.6 is 0 Å². The average molecular weight is 335 g/mol. The van der Waals surface area contributed by atoms with E-state index in [0.29, 0.717) is 29.5 Å². The third-order valence-corrected chi connectivity index (χ3v) is 4.56. The molecule has 1 saturated heterocycles. The minimum absolute atomic E-state index is 0.0249. The molecule has 1 fully saturated rings. The van der Waals surface area contributed by atoms with Crippen molar-refractivity contribution in [1.29, 1.82) is 5.26 Å². The van der Waals surface area contributed by atoms with E-state index in [-0.39, 0.29) is 5.91 Å². The molecule has 1 amide bonds. The number of carbonyl (C=O) groups excluding carboxylic acids is 1. The first-order chi connectivity index (χ1) is 12.2. The molecule has 0 atom stereocenters. The first kappa shape index (κ1) is 16.9. The summed E-state index contributed by atoms with van der Waals surface area (Å²) < 4.78 is 0. The molecule has 0 bridgehead atoms. The number of carbonyl (C=O) groups is 1. The van der Waals surface area contributed by atoms with Gasteiger partial charge in [0.25, 0.3) is 5.91 Å². The van der Waals surface area contributed by atoms with Crippen LogP contribution < -0.4 is 10.2 Å². The maximum atomic E-state index is 12.2. The van der Waals surface area contributed by atoms with Gasteiger partial charge in [-0.1, -0.05) is 17.7 Å². The molecule has 1 aromatic carbocycles. The van der Waals surface area contributed by atoms with Crippen molar-refractivity contribution in [1.82, 2.24) is 15.3 Å². The van der Waals surface area contributed by atoms with Gasteiger partial charge in [0, 0.05) is 37.6 Å². The number of aryl methyl sites for hydroxylation is 1. The Labute approximate surface area is 147 Å². The van der Waals surface area contributed by atoms with Crippen molar-refractivity contribution in [2.45, 2.75) is 19.8 Å². The van der Waals surface area contributed by atoms with Crippen molar-refractivity contribution >= 4 is 11.7 Å². The van der Waals surface area contributed by atoms with Crippen LogP contribution in [0.3, 0.4) is 0 Å². The molecule has 1 aliphatic heterocycles. The zero-order chi connectivity index (χ0) is 17.6. The molecule has 0 saturated carbocycles. The van der Waals surface area contributed by atoms with E-state index < -0.39 is 0 Å². The number of amides is 1. The molecule has 0 radical (unpaired) electrons. The van der Waals surface area contributed by atoms with E-state index in [9.17, 15) is 4.79 Å². The van der Waals surface area contributed by atoms with Gasteiger partial charge in [0.05, 0.1) is 0 Å². The largest absolute Gasteiger partial charge is 0.354 e. The summed E-state index contributed by atoms with van der Waals surface area (Å²) in [4.78, 5) is 22.7. The standard InChI is InChI=1S/C19H21N5O/c1-14-2-4-16(5-3-14)19(25)23-13-15-6-10-24(11-7-15)18-17(12-20)21-8-9-22-18/h2-5,8-9,15H,6-7,10-11,13H2,1H3,(H,23,25). The summed E-state index contributed by atoms with van der Waals surface area (Å²) in [5, 5.41) is 12.2. The Morgan fingerprint density at radius 1 is 1.24 bits per heavy atom. The van der Waals surface area contributed by atoms with Crippen molar-refractivity contribution in [3.63, 3.8) is 0 Å². The maximum Gasteiger partial charge on any atom is 0.251 e. The molecule has 1 N–H and O–H groups in total. The van der Waals surface area contributed by atoms with E-state index in [0.717, 1.165) is 31.5 Å². The number of aromatic nitrogens is 2. The van der Waals surface area contributed by atoms with Gasteiger partial charge in [-0.15, -0.1) is 0 Å². The minimum atomic E-state index is -0.0249. The average Bonchev–Trinajstić information content (AvgIpc) is 2.67. The van der Waals surface area contributed by atoms with Gasteiger partial charge in [0.1, 0.15) is 6.07 Å². The number of nitriles is 1. The number of hydrogen-bond acceptors (Lipinski definition) is 5. The summed E-state index contributed by atoms with van der Waals surface area (Å²) in [5.74, 6) is 1.07. The Morgan fingerprint density at radius 2 is 1.92 bits per heavy atom. The van der Waals surface area contributed by atoms with Crippen molar-refractivity contribution in [3.05, 3.63) is 53.5 Å². The highest BCUT2D eigenvalue weighted by atomic mass is 16.1. The third kappa shape index (κ3) is 4.13. The van der Waals surface area contributed by atoms with E-state index in [4.69, 9.17) is 5.26 Å². The number of rotatable bonds is 4. The van der Waals surface area contributed by atoms with Crippen LogP contribution in [0.15, 0.2) is 36.7 Å². The van der Waals surface area contributed by atoms with Crippen LogP contribution in [-0.2, 0) is 0 Å². The molecule has 3 rings (SSSR count). The highest BCUT2D eigenvalue weighted by molar-refractivity contribution is 5.94. The predicted molar refractivity (Wildman–Crippen MR) is 95.2 cm³/mol. The molecule has 6 heteroatoms. The van der Waals surface area contributed by atoms with Gasteiger partial charge in [-0.3, -0.25) is 4.79 Å². The molecule has 6 nitrogen and oxygen atoms in total. The van der Waals surface area contributed by atoms with Crippen molar-refractivity contribution < 1.29 is 4.79 Å². The van der Waals surface area contributed by atoms with Crippen LogP contribution in [0.2, 0.25) is 0 Å². The number of benzene rings is 1. The second-order valence-corrected chi connectivity index (χ2v) is 6.35. The van der Waals surface area contributed by atoms with Crippen LogP contribution in [-0.4, -0.2) is 35.5 Å². The van der Waals surface area contributed by atoms with Gasteiger partial charge >= 0.3 is 0 Å². The van der Waals surface area contributed by atoms with Crippen LogP contribution in [0.4, 0.5) is 5.82 Å². The quantitative estimate of drug-likeness (QED) is 0.927. The SMILES string of the molecule is Cc1ccc(C(=O)NCC2CCN(c3nccnc3C#N)CC2)cc1. The normalized spacial score (nSPS) is 14.8. The Hall–Kier alpha value is -2.94. The smallest absolute Gasteiger partial charge is 0.251 e. The molecular weight excluding hydrogens is 314 g/mol. The molecule has 0 aliphatic carbocycles. The number of anilines is 1. The van der Waals surface area contributed by atoms with E-state index in [1.807, 2.05) is 31.2 Å². The third-order valence-electron chi connectivity index (χ3n) is 4.56. The Kier molecular flexibility index (Phi) is 5.24. The van der Waals surface area contributed by atoms with Crippen LogP contribution in [0.5, 0.6) is 0 Å². The van der Waals surface area contributed by atoms with Crippen LogP contribution in [0, 0.1) is 24.2 Å². The van der Waals surface area contributed by atoms with Gasteiger partial charge in [0.2, 0.25) is 0 Å². The molecule has 0 unspecified atom stereocenters. The lowest BCUT2D eigenvalue weighted by Gasteiger charge is -2.32. The fraction of sp³-hybridized carbons (Fsp3) is 0.368. The Balaban J connectivity index is 1.50. The lowest BCUT2D eigenvalue weighted by Crippen LogP contribution is -2.39. The van der Waals surface area contributed by atoms with E-state index >= 15 is 0 Å². The maximum absolute atomic E-state index is 12.2. The van der Waals surface area contributed by atoms with Crippen LogP contribution in [0.1, 0.15) is 34.5 Å². The summed E-state index contributed by atoms with van der Waals surface area (Å²) in [7, 11) is 0. The van der Waals surface area contributed by atoms with Gasteiger partial charge in [-0.05, 0) is 37.8 Å². The molecule has 2 heterocycles. The van der Waals surface area contributed by atoms with E-state index in [2.05, 4.69) is 26.3 Å². The number of piperidine rings is 1. The Bertz CT molecular complexity index is 773. The van der Waals surface area contributed by atoms with Crippen molar-refractivity contribution in [2.24, 2.45) is 5.92 Å². The molecule has 2 aromatic rings. The first-order valence-corrected chi connectivity index (χ1v) is 8.48. The van der Waals surface area contributed by atoms with Crippen molar-refractivity contribution in [3.8, 4) is 6.07 Å². The van der Waals surface area contributed by atoms with Gasteiger partial charge in [0.15, 0.2) is 11.5 Å². The number of nitrogens with one attached hydrogen (secondary N) is 1. The van der Waals surface area contributed by atoms with E-state index in [1.165, 1.54) is 6.20 Å². The second-order valence-electron chi connectivity index (χ2n) is 6.35. The highest BCUT2D eigenvalue weighted by Crippen LogP contribution is 2.22. The molecule has 128 valence electrons. The summed E-state index contributed by atoms with van der Waals surface area (Å²) >= 11 is 0. The fourth-order valence-electron chi connectivity index (χ4n) is 3.03. The number of nitrogens with zero attached hydrogens (tertiary/aromatic N) is 4. The van der Waals surface area contributed by atoms with E-state index in [1.54, 1.807) is 6.20 Å². The highest BCUT2D eigenvalue weighted by Gasteiger charge is 2.22. The van der Waals surface area contributed by atoms with Crippen LogP contribution in [0.25, 0.3) is 0 Å². The molecule has 0 spiro atoms. The van der Waals surface area contributed by atoms with Gasteiger partial charge in [-0.25, -0.2) is 9.97 Å². The Morgan fingerprint density at radius 3 is 2.60 bits per heavy atom. The summed E-state index contributed by atoms with van der Waals surface area (Å²) in [5.41, 5.74) is 2.21. The first-order valence-electron chi connectivity index (χ1n) is 8.48. The lowest BCUT2D eigenvalue weighted by molar-refractivity contribution is 0.0945. The zero-order valence-corrected chi connectivity index (χ0v) is 14.3. The lowest BCUT2D eigenvalue weighted by atomic mass is 9.96. The number of hydrogen-bond donors (Lipinski definition) is 1.